The number of pyridine rings is 1. The third kappa shape index (κ3) is 2.29. The minimum Gasteiger partial charge on any atom is -0.351 e. The van der Waals surface area contributed by atoms with Gasteiger partial charge < -0.3 is 5.73 Å². The largest absolute Gasteiger partial charge is 0.351 e. The van der Waals surface area contributed by atoms with Crippen LogP contribution >= 0.6 is 11.6 Å². The Morgan fingerprint density at radius 3 is 2.87 bits per heavy atom. The molecule has 15 heavy (non-hydrogen) atoms. The highest BCUT2D eigenvalue weighted by molar-refractivity contribution is 6.29. The van der Waals surface area contributed by atoms with Gasteiger partial charge >= 0.3 is 0 Å². The molecule has 2 rings (SSSR count). The Morgan fingerprint density at radius 1 is 1.33 bits per heavy atom. The van der Waals surface area contributed by atoms with E-state index in [-0.39, 0.29) is 0 Å². The Hall–Kier alpha value is -1.52. The lowest BCUT2D eigenvalue weighted by Crippen LogP contribution is -2.48. The predicted octanol–water partition coefficient (Wildman–Crippen LogP) is 0.934. The number of rotatable bonds is 2. The first kappa shape index (κ1) is 10.0. The number of nitrogens with zero attached hydrogens (tertiary/aromatic N) is 3. The van der Waals surface area contributed by atoms with E-state index in [4.69, 9.17) is 11.6 Å². The molecule has 0 aliphatic heterocycles. The molecule has 2 heterocycles. The van der Waals surface area contributed by atoms with E-state index >= 15 is 0 Å². The minimum atomic E-state index is 0.433. The summed E-state index contributed by atoms with van der Waals surface area (Å²) in [6.07, 6.45) is 3.46. The molecule has 0 aliphatic rings. The van der Waals surface area contributed by atoms with Crippen molar-refractivity contribution in [2.75, 3.05) is 0 Å². The van der Waals surface area contributed by atoms with Crippen LogP contribution in [-0.4, -0.2) is 15.0 Å². The summed E-state index contributed by atoms with van der Waals surface area (Å²) in [7, 11) is 0. The van der Waals surface area contributed by atoms with E-state index in [0.29, 0.717) is 17.5 Å². The van der Waals surface area contributed by atoms with Gasteiger partial charge in [-0.05, 0) is 12.1 Å². The normalized spacial score (nSPS) is 10.3. The monoisotopic (exact) mass is 221 g/mol. The summed E-state index contributed by atoms with van der Waals surface area (Å²) >= 11 is 5.88. The van der Waals surface area contributed by atoms with Crippen LogP contribution in [0.2, 0.25) is 5.15 Å². The summed E-state index contributed by atoms with van der Waals surface area (Å²) in [6, 6.07) is 5.51. The van der Waals surface area contributed by atoms with Crippen molar-refractivity contribution in [1.82, 2.24) is 15.0 Å². The van der Waals surface area contributed by atoms with Crippen molar-refractivity contribution in [2.24, 2.45) is 0 Å². The maximum absolute atomic E-state index is 5.88. The molecule has 2 aromatic heterocycles. The molecule has 0 atom stereocenters. The maximum Gasteiger partial charge on any atom is 0.185 e. The average molecular weight is 222 g/mol. The van der Waals surface area contributed by atoms with Gasteiger partial charge in [0.05, 0.1) is 5.69 Å². The fourth-order valence-corrected chi connectivity index (χ4v) is 1.44. The summed E-state index contributed by atoms with van der Waals surface area (Å²) in [5.41, 5.74) is 5.44. The van der Waals surface area contributed by atoms with Crippen molar-refractivity contribution in [2.45, 2.75) is 6.54 Å². The summed E-state index contributed by atoms with van der Waals surface area (Å²) in [5, 5.41) is 0.433. The van der Waals surface area contributed by atoms with E-state index in [2.05, 4.69) is 20.7 Å². The van der Waals surface area contributed by atoms with Crippen LogP contribution in [0.3, 0.4) is 0 Å². The van der Waals surface area contributed by atoms with Gasteiger partial charge in [0.15, 0.2) is 5.82 Å². The SMILES string of the molecule is [NH3+]Cc1nc(Cl)cc(-c2cccnc2)n1. The predicted molar refractivity (Wildman–Crippen MR) is 56.9 cm³/mol. The van der Waals surface area contributed by atoms with E-state index in [1.807, 2.05) is 12.1 Å². The summed E-state index contributed by atoms with van der Waals surface area (Å²) in [4.78, 5) is 12.4. The quantitative estimate of drug-likeness (QED) is 0.768. The molecule has 0 radical (unpaired) electrons. The summed E-state index contributed by atoms with van der Waals surface area (Å²) in [6.45, 7) is 0.522. The van der Waals surface area contributed by atoms with Gasteiger partial charge in [-0.15, -0.1) is 0 Å². The van der Waals surface area contributed by atoms with Crippen LogP contribution in [0.4, 0.5) is 0 Å². The van der Waals surface area contributed by atoms with Crippen LogP contribution in [0.15, 0.2) is 30.6 Å². The number of hydrogen-bond acceptors (Lipinski definition) is 3. The number of hydrogen-bond donors (Lipinski definition) is 1. The highest BCUT2D eigenvalue weighted by Gasteiger charge is 2.05. The second-order valence-corrected chi connectivity index (χ2v) is 3.37. The van der Waals surface area contributed by atoms with E-state index in [0.717, 1.165) is 11.3 Å². The molecule has 0 saturated carbocycles. The smallest absolute Gasteiger partial charge is 0.185 e. The van der Waals surface area contributed by atoms with Crippen LogP contribution in [0.25, 0.3) is 11.3 Å². The third-order valence-electron chi connectivity index (χ3n) is 1.92. The van der Waals surface area contributed by atoms with Gasteiger partial charge in [-0.2, -0.15) is 0 Å². The van der Waals surface area contributed by atoms with Crippen molar-refractivity contribution in [1.29, 1.82) is 0 Å². The molecule has 0 fully saturated rings. The second-order valence-electron chi connectivity index (χ2n) is 2.98. The van der Waals surface area contributed by atoms with Crippen molar-refractivity contribution >= 4 is 11.6 Å². The van der Waals surface area contributed by atoms with Gasteiger partial charge in [-0.25, -0.2) is 9.97 Å². The van der Waals surface area contributed by atoms with Crippen molar-refractivity contribution in [3.8, 4) is 11.3 Å². The number of aromatic nitrogens is 3. The molecule has 0 aromatic carbocycles. The molecule has 3 N–H and O–H groups in total. The van der Waals surface area contributed by atoms with E-state index in [1.165, 1.54) is 0 Å². The standard InChI is InChI=1S/C10H9ClN4/c11-9-4-8(14-10(5-12)15-9)7-2-1-3-13-6-7/h1-4,6H,5,12H2/p+1. The van der Waals surface area contributed by atoms with Crippen molar-refractivity contribution in [3.63, 3.8) is 0 Å². The van der Waals surface area contributed by atoms with Gasteiger partial charge in [0.1, 0.15) is 11.7 Å². The maximum atomic E-state index is 5.88. The molecule has 0 unspecified atom stereocenters. The van der Waals surface area contributed by atoms with Crippen LogP contribution in [-0.2, 0) is 6.54 Å². The van der Waals surface area contributed by atoms with Gasteiger partial charge in [-0.3, -0.25) is 4.98 Å². The molecule has 4 nitrogen and oxygen atoms in total. The van der Waals surface area contributed by atoms with Crippen LogP contribution < -0.4 is 5.73 Å². The minimum absolute atomic E-state index is 0.433. The van der Waals surface area contributed by atoms with Crippen LogP contribution in [0.1, 0.15) is 5.82 Å². The first-order chi connectivity index (χ1) is 7.29. The Bertz CT molecular complexity index is 458. The third-order valence-corrected chi connectivity index (χ3v) is 2.12. The van der Waals surface area contributed by atoms with Crippen molar-refractivity contribution < 1.29 is 5.73 Å². The van der Waals surface area contributed by atoms with Gasteiger partial charge in [0, 0.05) is 24.0 Å². The molecular weight excluding hydrogens is 212 g/mol. The molecule has 0 bridgehead atoms. The van der Waals surface area contributed by atoms with Gasteiger partial charge in [0.2, 0.25) is 0 Å². The van der Waals surface area contributed by atoms with E-state index in [9.17, 15) is 0 Å². The van der Waals surface area contributed by atoms with Gasteiger partial charge in [-0.1, -0.05) is 11.6 Å². The number of halogens is 1. The Labute approximate surface area is 92.2 Å². The first-order valence-electron chi connectivity index (χ1n) is 4.52. The van der Waals surface area contributed by atoms with E-state index in [1.54, 1.807) is 18.5 Å². The van der Waals surface area contributed by atoms with Gasteiger partial charge in [0.25, 0.3) is 0 Å². The van der Waals surface area contributed by atoms with Crippen LogP contribution in [0, 0.1) is 0 Å². The number of quaternary nitrogens is 1. The highest BCUT2D eigenvalue weighted by Crippen LogP contribution is 2.18. The lowest BCUT2D eigenvalue weighted by molar-refractivity contribution is -0.388. The topological polar surface area (TPSA) is 66.3 Å². The molecule has 0 aliphatic carbocycles. The summed E-state index contributed by atoms with van der Waals surface area (Å²) in [5.74, 6) is 0.640. The molecule has 0 spiro atoms. The zero-order valence-electron chi connectivity index (χ0n) is 8.02. The Kier molecular flexibility index (Phi) is 2.89. The lowest BCUT2D eigenvalue weighted by atomic mass is 10.2. The highest BCUT2D eigenvalue weighted by atomic mass is 35.5. The van der Waals surface area contributed by atoms with Crippen LogP contribution in [0.5, 0.6) is 0 Å². The zero-order chi connectivity index (χ0) is 10.7. The van der Waals surface area contributed by atoms with Crippen molar-refractivity contribution in [3.05, 3.63) is 41.6 Å². The first-order valence-corrected chi connectivity index (χ1v) is 4.90. The fraction of sp³-hybridized carbons (Fsp3) is 0.100. The molecule has 0 amide bonds. The lowest BCUT2D eigenvalue weighted by Gasteiger charge is -2.01. The Balaban J connectivity index is 2.49. The zero-order valence-corrected chi connectivity index (χ0v) is 8.78. The molecule has 5 heteroatoms. The molecule has 2 aromatic rings. The average Bonchev–Trinajstić information content (AvgIpc) is 2.29. The van der Waals surface area contributed by atoms with E-state index < -0.39 is 0 Å². The Morgan fingerprint density at radius 2 is 2.20 bits per heavy atom. The molecule has 76 valence electrons. The second kappa shape index (κ2) is 4.33. The fourth-order valence-electron chi connectivity index (χ4n) is 1.24. The molecule has 0 saturated heterocycles. The molecular formula is C10H10ClN4+. The summed E-state index contributed by atoms with van der Waals surface area (Å²) < 4.78 is 0.